The number of aliphatic carboxylic acids is 1. The van der Waals surface area contributed by atoms with Crippen molar-refractivity contribution in [1.29, 1.82) is 0 Å². The van der Waals surface area contributed by atoms with Gasteiger partial charge in [0.1, 0.15) is 17.5 Å². The highest BCUT2D eigenvalue weighted by molar-refractivity contribution is 5.85. The number of carbonyl (C=O) groups is 2. The molecule has 5 nitrogen and oxygen atoms in total. The van der Waals surface area contributed by atoms with Gasteiger partial charge in [0.2, 0.25) is 5.91 Å². The van der Waals surface area contributed by atoms with Gasteiger partial charge in [-0.3, -0.25) is 4.79 Å². The average Bonchev–Trinajstić information content (AvgIpc) is 2.53. The number of carboxylic acids is 1. The van der Waals surface area contributed by atoms with Crippen LogP contribution in [0.25, 0.3) is 0 Å². The minimum absolute atomic E-state index is 0.0997. The van der Waals surface area contributed by atoms with Crippen molar-refractivity contribution in [3.8, 4) is 11.5 Å². The van der Waals surface area contributed by atoms with E-state index in [9.17, 15) is 9.59 Å². The molecule has 0 heterocycles. The van der Waals surface area contributed by atoms with E-state index in [4.69, 9.17) is 9.84 Å². The Morgan fingerprint density at radius 3 is 2.33 bits per heavy atom. The molecule has 0 aliphatic carbocycles. The van der Waals surface area contributed by atoms with E-state index in [1.807, 2.05) is 42.5 Å². The second-order valence-corrected chi connectivity index (χ2v) is 5.87. The molecule has 1 unspecified atom stereocenters. The van der Waals surface area contributed by atoms with E-state index in [0.717, 1.165) is 5.56 Å². The van der Waals surface area contributed by atoms with Crippen LogP contribution in [0.5, 0.6) is 11.5 Å². The summed E-state index contributed by atoms with van der Waals surface area (Å²) >= 11 is 0. The van der Waals surface area contributed by atoms with Crippen molar-refractivity contribution in [1.82, 2.24) is 5.32 Å². The summed E-state index contributed by atoms with van der Waals surface area (Å²) < 4.78 is 5.73. The summed E-state index contributed by atoms with van der Waals surface area (Å²) in [5.41, 5.74) is 0.758. The molecule has 2 aromatic rings. The van der Waals surface area contributed by atoms with E-state index in [0.29, 0.717) is 11.5 Å². The lowest BCUT2D eigenvalue weighted by molar-refractivity contribution is -0.143. The fraction of sp³-hybridized carbons (Fsp3) is 0.263. The minimum atomic E-state index is -1.03. The van der Waals surface area contributed by atoms with Crippen LogP contribution in [0.3, 0.4) is 0 Å². The van der Waals surface area contributed by atoms with Gasteiger partial charge in [-0.05, 0) is 35.7 Å². The van der Waals surface area contributed by atoms with Gasteiger partial charge in [0.05, 0.1) is 6.42 Å². The van der Waals surface area contributed by atoms with Gasteiger partial charge in [-0.15, -0.1) is 0 Å². The number of amides is 1. The molecule has 2 aromatic carbocycles. The number of para-hydroxylation sites is 1. The van der Waals surface area contributed by atoms with Crippen LogP contribution in [0.4, 0.5) is 0 Å². The Balaban J connectivity index is 2.01. The second kappa shape index (κ2) is 8.15. The van der Waals surface area contributed by atoms with Gasteiger partial charge in [0, 0.05) is 0 Å². The highest BCUT2D eigenvalue weighted by Gasteiger charge is 2.23. The number of hydrogen-bond donors (Lipinski definition) is 2. The standard InChI is InChI=1S/C19H21NO4/c1-13(2)18(19(22)23)20-17(21)12-14-7-6-10-16(11-14)24-15-8-4-3-5-9-15/h3-11,13,18H,12H2,1-2H3,(H,20,21)(H,22,23). The lowest BCUT2D eigenvalue weighted by Gasteiger charge is -2.18. The number of carboxylic acid groups (broad SMARTS) is 1. The van der Waals surface area contributed by atoms with E-state index in [1.54, 1.807) is 26.0 Å². The van der Waals surface area contributed by atoms with Crippen LogP contribution in [0.15, 0.2) is 54.6 Å². The SMILES string of the molecule is CC(C)C(NC(=O)Cc1cccc(Oc2ccccc2)c1)C(=O)O. The zero-order valence-electron chi connectivity index (χ0n) is 13.7. The van der Waals surface area contributed by atoms with E-state index in [-0.39, 0.29) is 18.2 Å². The van der Waals surface area contributed by atoms with Crippen LogP contribution in [-0.4, -0.2) is 23.0 Å². The fourth-order valence-corrected chi connectivity index (χ4v) is 2.27. The molecule has 0 bridgehead atoms. The smallest absolute Gasteiger partial charge is 0.326 e. The van der Waals surface area contributed by atoms with Crippen molar-refractivity contribution in [3.05, 3.63) is 60.2 Å². The highest BCUT2D eigenvalue weighted by atomic mass is 16.5. The molecule has 2 N–H and O–H groups in total. The Labute approximate surface area is 141 Å². The Kier molecular flexibility index (Phi) is 5.95. The second-order valence-electron chi connectivity index (χ2n) is 5.87. The third-order valence-electron chi connectivity index (χ3n) is 3.49. The first kappa shape index (κ1) is 17.5. The van der Waals surface area contributed by atoms with Gasteiger partial charge >= 0.3 is 5.97 Å². The molecule has 126 valence electrons. The number of nitrogens with one attached hydrogen (secondary N) is 1. The van der Waals surface area contributed by atoms with Crippen molar-refractivity contribution in [2.24, 2.45) is 5.92 Å². The Morgan fingerprint density at radius 2 is 1.71 bits per heavy atom. The van der Waals surface area contributed by atoms with Crippen molar-refractivity contribution >= 4 is 11.9 Å². The minimum Gasteiger partial charge on any atom is -0.480 e. The van der Waals surface area contributed by atoms with Crippen molar-refractivity contribution in [2.45, 2.75) is 26.3 Å². The molecule has 5 heteroatoms. The van der Waals surface area contributed by atoms with Crippen LogP contribution < -0.4 is 10.1 Å². The fourth-order valence-electron chi connectivity index (χ4n) is 2.27. The Hall–Kier alpha value is -2.82. The first-order valence-corrected chi connectivity index (χ1v) is 7.79. The molecule has 0 saturated carbocycles. The topological polar surface area (TPSA) is 75.6 Å². The Morgan fingerprint density at radius 1 is 1.04 bits per heavy atom. The molecule has 0 aromatic heterocycles. The van der Waals surface area contributed by atoms with Crippen LogP contribution in [0.1, 0.15) is 19.4 Å². The molecule has 0 spiro atoms. The van der Waals surface area contributed by atoms with Gasteiger partial charge in [-0.1, -0.05) is 44.2 Å². The lowest BCUT2D eigenvalue weighted by Crippen LogP contribution is -2.44. The Bertz CT molecular complexity index is 698. The zero-order valence-corrected chi connectivity index (χ0v) is 13.7. The maximum atomic E-state index is 12.1. The summed E-state index contributed by atoms with van der Waals surface area (Å²) in [7, 11) is 0. The van der Waals surface area contributed by atoms with Crippen LogP contribution in [-0.2, 0) is 16.0 Å². The predicted molar refractivity (Wildman–Crippen MR) is 91.1 cm³/mol. The number of benzene rings is 2. The number of rotatable bonds is 7. The van der Waals surface area contributed by atoms with Crippen molar-refractivity contribution in [2.75, 3.05) is 0 Å². The summed E-state index contributed by atoms with van der Waals surface area (Å²) in [6.07, 6.45) is 0.0997. The van der Waals surface area contributed by atoms with E-state index in [1.165, 1.54) is 0 Å². The summed E-state index contributed by atoms with van der Waals surface area (Å²) in [4.78, 5) is 23.2. The van der Waals surface area contributed by atoms with Gasteiger partial charge in [0.15, 0.2) is 0 Å². The first-order valence-electron chi connectivity index (χ1n) is 7.79. The third-order valence-corrected chi connectivity index (χ3v) is 3.49. The molecule has 0 aliphatic heterocycles. The van der Waals surface area contributed by atoms with Gasteiger partial charge in [-0.2, -0.15) is 0 Å². The summed E-state index contributed by atoms with van der Waals surface area (Å²) in [5.74, 6) is -0.193. The molecule has 1 amide bonds. The van der Waals surface area contributed by atoms with E-state index in [2.05, 4.69) is 5.32 Å². The number of hydrogen-bond acceptors (Lipinski definition) is 3. The average molecular weight is 327 g/mol. The van der Waals surface area contributed by atoms with Gasteiger partial charge in [0.25, 0.3) is 0 Å². The number of ether oxygens (including phenoxy) is 1. The molecule has 0 saturated heterocycles. The van der Waals surface area contributed by atoms with Crippen molar-refractivity contribution < 1.29 is 19.4 Å². The molecule has 2 rings (SSSR count). The molecule has 0 radical (unpaired) electrons. The summed E-state index contributed by atoms with van der Waals surface area (Å²) in [6, 6.07) is 15.7. The van der Waals surface area contributed by atoms with E-state index >= 15 is 0 Å². The van der Waals surface area contributed by atoms with E-state index < -0.39 is 12.0 Å². The quantitative estimate of drug-likeness (QED) is 0.818. The maximum Gasteiger partial charge on any atom is 0.326 e. The summed E-state index contributed by atoms with van der Waals surface area (Å²) in [5, 5.41) is 11.7. The largest absolute Gasteiger partial charge is 0.480 e. The van der Waals surface area contributed by atoms with Crippen LogP contribution in [0, 0.1) is 5.92 Å². The van der Waals surface area contributed by atoms with Crippen LogP contribution in [0.2, 0.25) is 0 Å². The lowest BCUT2D eigenvalue weighted by atomic mass is 10.0. The molecular formula is C19H21NO4. The molecule has 0 aliphatic rings. The molecule has 24 heavy (non-hydrogen) atoms. The van der Waals surface area contributed by atoms with Crippen molar-refractivity contribution in [3.63, 3.8) is 0 Å². The van der Waals surface area contributed by atoms with Crippen LogP contribution >= 0.6 is 0 Å². The normalized spacial score (nSPS) is 11.8. The predicted octanol–water partition coefficient (Wildman–Crippen LogP) is 3.25. The molecular weight excluding hydrogens is 306 g/mol. The number of carbonyl (C=O) groups excluding carboxylic acids is 1. The first-order chi connectivity index (χ1) is 11.5. The molecule has 0 fully saturated rings. The van der Waals surface area contributed by atoms with Gasteiger partial charge < -0.3 is 15.2 Å². The van der Waals surface area contributed by atoms with Gasteiger partial charge in [-0.25, -0.2) is 4.79 Å². The summed E-state index contributed by atoms with van der Waals surface area (Å²) in [6.45, 7) is 3.51. The monoisotopic (exact) mass is 327 g/mol. The zero-order chi connectivity index (χ0) is 17.5. The molecule has 1 atom stereocenters. The highest BCUT2D eigenvalue weighted by Crippen LogP contribution is 2.22. The third kappa shape index (κ3) is 5.12. The maximum absolute atomic E-state index is 12.1.